The number of likely N-dealkylation sites (tertiary alicyclic amines) is 1. The highest BCUT2D eigenvalue weighted by Gasteiger charge is 2.28. The van der Waals surface area contributed by atoms with Crippen LogP contribution in [0.15, 0.2) is 0 Å². The maximum atomic E-state index is 12.4. The molecule has 7 heteroatoms. The van der Waals surface area contributed by atoms with E-state index < -0.39 is 5.60 Å². The Morgan fingerprint density at radius 3 is 1.69 bits per heavy atom. The molecule has 0 aliphatic carbocycles. The van der Waals surface area contributed by atoms with E-state index in [1.54, 1.807) is 9.80 Å². The summed E-state index contributed by atoms with van der Waals surface area (Å²) in [5.74, 6) is 0.757. The van der Waals surface area contributed by atoms with E-state index in [0.717, 1.165) is 25.9 Å². The van der Waals surface area contributed by atoms with Crippen LogP contribution in [0.25, 0.3) is 0 Å². The standard InChI is InChI=1S/C19H33N3O4/c1-15-7-9-20(10-8-15)16(23)5-6-17(24)21-11-13-22(14-12-21)18(25)26-19(2,3)4/h15H,5-14H2,1-4H3. The molecule has 0 aromatic carbocycles. The number of rotatable bonds is 3. The second kappa shape index (κ2) is 8.73. The Balaban J connectivity index is 1.69. The van der Waals surface area contributed by atoms with Gasteiger partial charge in [-0.15, -0.1) is 0 Å². The van der Waals surface area contributed by atoms with Crippen LogP contribution in [0.3, 0.4) is 0 Å². The Morgan fingerprint density at radius 1 is 0.808 bits per heavy atom. The van der Waals surface area contributed by atoms with Crippen molar-refractivity contribution in [2.75, 3.05) is 39.3 Å². The first kappa shape index (κ1) is 20.5. The summed E-state index contributed by atoms with van der Waals surface area (Å²) in [6, 6.07) is 0. The van der Waals surface area contributed by atoms with Crippen molar-refractivity contribution < 1.29 is 19.1 Å². The summed E-state index contributed by atoms with van der Waals surface area (Å²) in [4.78, 5) is 41.9. The molecule has 2 heterocycles. The van der Waals surface area contributed by atoms with Crippen molar-refractivity contribution in [3.05, 3.63) is 0 Å². The van der Waals surface area contributed by atoms with Crippen molar-refractivity contribution in [2.24, 2.45) is 5.92 Å². The molecule has 0 saturated carbocycles. The molecule has 0 bridgehead atoms. The van der Waals surface area contributed by atoms with Gasteiger partial charge in [0.15, 0.2) is 0 Å². The fraction of sp³-hybridized carbons (Fsp3) is 0.842. The molecule has 0 spiro atoms. The highest BCUT2D eigenvalue weighted by atomic mass is 16.6. The van der Waals surface area contributed by atoms with Crippen LogP contribution in [-0.2, 0) is 14.3 Å². The van der Waals surface area contributed by atoms with Crippen molar-refractivity contribution in [1.82, 2.24) is 14.7 Å². The van der Waals surface area contributed by atoms with Crippen LogP contribution in [0.2, 0.25) is 0 Å². The quantitative estimate of drug-likeness (QED) is 0.766. The fourth-order valence-corrected chi connectivity index (χ4v) is 3.25. The van der Waals surface area contributed by atoms with E-state index in [-0.39, 0.29) is 30.7 Å². The van der Waals surface area contributed by atoms with E-state index in [1.807, 2.05) is 25.7 Å². The molecule has 2 fully saturated rings. The van der Waals surface area contributed by atoms with Gasteiger partial charge >= 0.3 is 6.09 Å². The number of piperidine rings is 1. The summed E-state index contributed by atoms with van der Waals surface area (Å²) >= 11 is 0. The molecular formula is C19H33N3O4. The van der Waals surface area contributed by atoms with Gasteiger partial charge in [-0.3, -0.25) is 9.59 Å². The predicted octanol–water partition coefficient (Wildman–Crippen LogP) is 2.10. The molecule has 0 radical (unpaired) electrons. The lowest BCUT2D eigenvalue weighted by atomic mass is 9.99. The Kier molecular flexibility index (Phi) is 6.89. The summed E-state index contributed by atoms with van der Waals surface area (Å²) in [6.07, 6.45) is 2.29. The molecule has 0 N–H and O–H groups in total. The maximum absolute atomic E-state index is 12.4. The van der Waals surface area contributed by atoms with E-state index in [4.69, 9.17) is 4.74 Å². The maximum Gasteiger partial charge on any atom is 0.410 e. The van der Waals surface area contributed by atoms with Gasteiger partial charge in [0.05, 0.1) is 0 Å². The third-order valence-electron chi connectivity index (χ3n) is 4.97. The third kappa shape index (κ3) is 6.18. The first-order chi connectivity index (χ1) is 12.2. The second-order valence-corrected chi connectivity index (χ2v) is 8.41. The topological polar surface area (TPSA) is 70.2 Å². The minimum absolute atomic E-state index is 0.00688. The lowest BCUT2D eigenvalue weighted by molar-refractivity contribution is -0.138. The number of piperazine rings is 1. The predicted molar refractivity (Wildman–Crippen MR) is 98.6 cm³/mol. The molecule has 0 aromatic rings. The van der Waals surface area contributed by atoms with E-state index >= 15 is 0 Å². The zero-order valence-corrected chi connectivity index (χ0v) is 16.6. The van der Waals surface area contributed by atoms with Gasteiger partial charge in [-0.05, 0) is 39.5 Å². The summed E-state index contributed by atoms with van der Waals surface area (Å²) < 4.78 is 5.36. The van der Waals surface area contributed by atoms with Gasteiger partial charge < -0.3 is 19.4 Å². The van der Waals surface area contributed by atoms with Crippen molar-refractivity contribution >= 4 is 17.9 Å². The van der Waals surface area contributed by atoms with Gasteiger partial charge in [-0.1, -0.05) is 6.92 Å². The summed E-state index contributed by atoms with van der Waals surface area (Å²) in [5.41, 5.74) is -0.517. The van der Waals surface area contributed by atoms with Gasteiger partial charge in [0.25, 0.3) is 0 Å². The van der Waals surface area contributed by atoms with Crippen molar-refractivity contribution in [3.8, 4) is 0 Å². The van der Waals surface area contributed by atoms with Gasteiger partial charge in [0, 0.05) is 52.1 Å². The number of amides is 3. The van der Waals surface area contributed by atoms with Crippen molar-refractivity contribution in [2.45, 2.75) is 59.0 Å². The summed E-state index contributed by atoms with van der Waals surface area (Å²) in [7, 11) is 0. The number of hydrogen-bond donors (Lipinski definition) is 0. The number of hydrogen-bond acceptors (Lipinski definition) is 4. The van der Waals surface area contributed by atoms with Crippen LogP contribution in [0.1, 0.15) is 53.4 Å². The number of carbonyl (C=O) groups is 3. The second-order valence-electron chi connectivity index (χ2n) is 8.41. The molecule has 7 nitrogen and oxygen atoms in total. The minimum Gasteiger partial charge on any atom is -0.444 e. The molecule has 3 amide bonds. The normalized spacial score (nSPS) is 19.5. The minimum atomic E-state index is -0.517. The van der Waals surface area contributed by atoms with Crippen LogP contribution >= 0.6 is 0 Å². The molecule has 2 aliphatic heterocycles. The zero-order valence-electron chi connectivity index (χ0n) is 16.6. The number of carbonyl (C=O) groups excluding carboxylic acids is 3. The fourth-order valence-electron chi connectivity index (χ4n) is 3.25. The van der Waals surface area contributed by atoms with Crippen LogP contribution < -0.4 is 0 Å². The Hall–Kier alpha value is -1.79. The molecule has 26 heavy (non-hydrogen) atoms. The number of nitrogens with zero attached hydrogens (tertiary/aromatic N) is 3. The lowest BCUT2D eigenvalue weighted by Crippen LogP contribution is -2.51. The van der Waals surface area contributed by atoms with Gasteiger partial charge in [0.2, 0.25) is 11.8 Å². The molecule has 0 atom stereocenters. The average Bonchev–Trinajstić information content (AvgIpc) is 2.58. The van der Waals surface area contributed by atoms with Gasteiger partial charge in [0.1, 0.15) is 5.60 Å². The third-order valence-corrected chi connectivity index (χ3v) is 4.97. The molecule has 0 aromatic heterocycles. The monoisotopic (exact) mass is 367 g/mol. The Bertz CT molecular complexity index is 513. The summed E-state index contributed by atoms with van der Waals surface area (Å²) in [6.45, 7) is 11.3. The van der Waals surface area contributed by atoms with Crippen LogP contribution in [0.4, 0.5) is 4.79 Å². The van der Waals surface area contributed by atoms with Crippen molar-refractivity contribution in [3.63, 3.8) is 0 Å². The smallest absolute Gasteiger partial charge is 0.410 e. The van der Waals surface area contributed by atoms with E-state index in [1.165, 1.54) is 0 Å². The average molecular weight is 367 g/mol. The molecule has 0 unspecified atom stereocenters. The molecule has 2 rings (SSSR count). The SMILES string of the molecule is CC1CCN(C(=O)CCC(=O)N2CCN(C(=O)OC(C)(C)C)CC2)CC1. The van der Waals surface area contributed by atoms with Gasteiger partial charge in [-0.25, -0.2) is 4.79 Å². The Morgan fingerprint density at radius 2 is 1.23 bits per heavy atom. The highest BCUT2D eigenvalue weighted by molar-refractivity contribution is 5.84. The number of ether oxygens (including phenoxy) is 1. The largest absolute Gasteiger partial charge is 0.444 e. The first-order valence-electron chi connectivity index (χ1n) is 9.69. The highest BCUT2D eigenvalue weighted by Crippen LogP contribution is 2.17. The molecule has 148 valence electrons. The molecular weight excluding hydrogens is 334 g/mol. The van der Waals surface area contributed by atoms with E-state index in [2.05, 4.69) is 6.92 Å². The molecule has 2 saturated heterocycles. The lowest BCUT2D eigenvalue weighted by Gasteiger charge is -2.35. The first-order valence-corrected chi connectivity index (χ1v) is 9.69. The summed E-state index contributed by atoms with van der Waals surface area (Å²) in [5, 5.41) is 0. The van der Waals surface area contributed by atoms with Crippen molar-refractivity contribution in [1.29, 1.82) is 0 Å². The van der Waals surface area contributed by atoms with Crippen LogP contribution in [0.5, 0.6) is 0 Å². The van der Waals surface area contributed by atoms with E-state index in [0.29, 0.717) is 32.1 Å². The zero-order chi connectivity index (χ0) is 19.3. The van der Waals surface area contributed by atoms with Gasteiger partial charge in [-0.2, -0.15) is 0 Å². The van der Waals surface area contributed by atoms with Crippen LogP contribution in [0, 0.1) is 5.92 Å². The Labute approximate surface area is 156 Å². The van der Waals surface area contributed by atoms with E-state index in [9.17, 15) is 14.4 Å². The van der Waals surface area contributed by atoms with Crippen LogP contribution in [-0.4, -0.2) is 77.5 Å². The molecule has 2 aliphatic rings.